The minimum absolute atomic E-state index is 0.0933. The molecule has 7 heteroatoms. The summed E-state index contributed by atoms with van der Waals surface area (Å²) >= 11 is 0. The molecule has 2 amide bonds. The van der Waals surface area contributed by atoms with Crippen molar-refractivity contribution in [2.75, 3.05) is 10.6 Å². The number of hydrogen-bond donors (Lipinski definition) is 2. The third-order valence-corrected chi connectivity index (χ3v) is 3.92. The van der Waals surface area contributed by atoms with Gasteiger partial charge in [-0.3, -0.25) is 10.1 Å². The molecule has 0 saturated heterocycles. The van der Waals surface area contributed by atoms with Crippen LogP contribution >= 0.6 is 0 Å². The summed E-state index contributed by atoms with van der Waals surface area (Å²) in [5.74, 6) is -0.994. The maximum Gasteiger partial charge on any atom is 0.412 e. The van der Waals surface area contributed by atoms with Crippen molar-refractivity contribution in [2.24, 2.45) is 0 Å². The predicted octanol–water partition coefficient (Wildman–Crippen LogP) is 5.48. The SMILES string of the molecule is Cc1c(C(=O)Nc2cc(F)ccc2NC(=O)OC(C)(C)C)oc2ccccc12. The van der Waals surface area contributed by atoms with E-state index in [9.17, 15) is 14.0 Å². The van der Waals surface area contributed by atoms with Gasteiger partial charge in [0.2, 0.25) is 0 Å². The van der Waals surface area contributed by atoms with Gasteiger partial charge >= 0.3 is 6.09 Å². The van der Waals surface area contributed by atoms with Gasteiger partial charge in [0.25, 0.3) is 5.91 Å². The van der Waals surface area contributed by atoms with E-state index in [0.29, 0.717) is 11.1 Å². The summed E-state index contributed by atoms with van der Waals surface area (Å²) in [5, 5.41) is 5.93. The number of halogens is 1. The summed E-state index contributed by atoms with van der Waals surface area (Å²) in [7, 11) is 0. The fraction of sp³-hybridized carbons (Fsp3) is 0.238. The summed E-state index contributed by atoms with van der Waals surface area (Å²) in [6, 6.07) is 10.9. The second-order valence-corrected chi connectivity index (χ2v) is 7.32. The highest BCUT2D eigenvalue weighted by atomic mass is 19.1. The van der Waals surface area contributed by atoms with E-state index < -0.39 is 23.4 Å². The van der Waals surface area contributed by atoms with Crippen LogP contribution in [-0.2, 0) is 4.74 Å². The lowest BCUT2D eigenvalue weighted by molar-refractivity contribution is 0.0635. The van der Waals surface area contributed by atoms with Gasteiger partial charge in [-0.15, -0.1) is 0 Å². The number of furan rings is 1. The molecule has 1 heterocycles. The number of aryl methyl sites for hydroxylation is 1. The van der Waals surface area contributed by atoms with Crippen LogP contribution in [0.3, 0.4) is 0 Å². The van der Waals surface area contributed by atoms with Crippen LogP contribution < -0.4 is 10.6 Å². The first kappa shape index (κ1) is 19.4. The fourth-order valence-electron chi connectivity index (χ4n) is 2.71. The average molecular weight is 384 g/mol. The number of ether oxygens (including phenoxy) is 1. The second kappa shape index (κ2) is 7.34. The molecule has 0 unspecified atom stereocenters. The molecular weight excluding hydrogens is 363 g/mol. The molecule has 0 fully saturated rings. The van der Waals surface area contributed by atoms with Crippen molar-refractivity contribution < 1.29 is 23.1 Å². The van der Waals surface area contributed by atoms with Gasteiger partial charge in [-0.2, -0.15) is 0 Å². The number of rotatable bonds is 3. The second-order valence-electron chi connectivity index (χ2n) is 7.32. The first-order chi connectivity index (χ1) is 13.1. The Hall–Kier alpha value is -3.35. The highest BCUT2D eigenvalue weighted by Gasteiger charge is 2.21. The number of nitrogens with one attached hydrogen (secondary N) is 2. The average Bonchev–Trinajstić information content (AvgIpc) is 2.93. The van der Waals surface area contributed by atoms with Crippen LogP contribution in [-0.4, -0.2) is 17.6 Å². The van der Waals surface area contributed by atoms with E-state index in [4.69, 9.17) is 9.15 Å². The number of amides is 2. The van der Waals surface area contributed by atoms with E-state index in [1.54, 1.807) is 33.8 Å². The number of para-hydroxylation sites is 1. The minimum atomic E-state index is -0.713. The van der Waals surface area contributed by atoms with Crippen molar-refractivity contribution in [1.29, 1.82) is 0 Å². The normalized spacial score (nSPS) is 11.3. The molecule has 0 radical (unpaired) electrons. The molecule has 0 aliphatic carbocycles. The van der Waals surface area contributed by atoms with Crippen molar-refractivity contribution in [3.63, 3.8) is 0 Å². The molecule has 0 bridgehead atoms. The molecule has 0 saturated carbocycles. The maximum atomic E-state index is 13.7. The lowest BCUT2D eigenvalue weighted by atomic mass is 10.1. The van der Waals surface area contributed by atoms with Gasteiger partial charge in [0.05, 0.1) is 11.4 Å². The van der Waals surface area contributed by atoms with Crippen LogP contribution in [0.4, 0.5) is 20.6 Å². The van der Waals surface area contributed by atoms with E-state index in [1.807, 2.05) is 18.2 Å². The molecule has 28 heavy (non-hydrogen) atoms. The van der Waals surface area contributed by atoms with Gasteiger partial charge in [0, 0.05) is 10.9 Å². The van der Waals surface area contributed by atoms with Crippen LogP contribution in [0.5, 0.6) is 0 Å². The van der Waals surface area contributed by atoms with E-state index in [2.05, 4.69) is 10.6 Å². The van der Waals surface area contributed by atoms with E-state index in [-0.39, 0.29) is 17.1 Å². The van der Waals surface area contributed by atoms with E-state index in [0.717, 1.165) is 11.5 Å². The molecule has 0 aliphatic rings. The highest BCUT2D eigenvalue weighted by Crippen LogP contribution is 2.28. The Morgan fingerprint density at radius 1 is 1.04 bits per heavy atom. The number of carbonyl (C=O) groups is 2. The summed E-state index contributed by atoms with van der Waals surface area (Å²) in [6.07, 6.45) is -0.713. The number of carbonyl (C=O) groups excluding carboxylic acids is 2. The van der Waals surface area contributed by atoms with Crippen LogP contribution in [0.15, 0.2) is 46.9 Å². The van der Waals surface area contributed by atoms with Crippen LogP contribution in [0.2, 0.25) is 0 Å². The molecule has 0 atom stereocenters. The smallest absolute Gasteiger partial charge is 0.412 e. The summed E-state index contributed by atoms with van der Waals surface area (Å²) in [6.45, 7) is 6.95. The number of fused-ring (bicyclic) bond motifs is 1. The van der Waals surface area contributed by atoms with Crippen LogP contribution in [0.1, 0.15) is 36.9 Å². The largest absolute Gasteiger partial charge is 0.451 e. The molecule has 0 spiro atoms. The number of hydrogen-bond acceptors (Lipinski definition) is 4. The zero-order valence-corrected chi connectivity index (χ0v) is 16.1. The molecule has 1 aromatic heterocycles. The summed E-state index contributed by atoms with van der Waals surface area (Å²) in [5.41, 5.74) is 0.856. The molecule has 6 nitrogen and oxygen atoms in total. The van der Waals surface area contributed by atoms with Gasteiger partial charge in [-0.1, -0.05) is 18.2 Å². The van der Waals surface area contributed by atoms with Crippen molar-refractivity contribution >= 4 is 34.3 Å². The molecule has 3 aromatic rings. The zero-order valence-electron chi connectivity index (χ0n) is 16.1. The topological polar surface area (TPSA) is 80.6 Å². The summed E-state index contributed by atoms with van der Waals surface area (Å²) < 4.78 is 24.6. The third kappa shape index (κ3) is 4.31. The van der Waals surface area contributed by atoms with Gasteiger partial charge < -0.3 is 14.5 Å². The first-order valence-electron chi connectivity index (χ1n) is 8.73. The van der Waals surface area contributed by atoms with Crippen molar-refractivity contribution in [1.82, 2.24) is 0 Å². The Kier molecular flexibility index (Phi) is 5.09. The van der Waals surface area contributed by atoms with Gasteiger partial charge in [0.1, 0.15) is 17.0 Å². The lowest BCUT2D eigenvalue weighted by Crippen LogP contribution is -2.27. The quantitative estimate of drug-likeness (QED) is 0.627. The summed E-state index contributed by atoms with van der Waals surface area (Å²) in [4.78, 5) is 24.7. The van der Waals surface area contributed by atoms with Gasteiger partial charge in [-0.05, 0) is 52.0 Å². The molecule has 3 rings (SSSR count). The Balaban J connectivity index is 1.86. The number of anilines is 2. The highest BCUT2D eigenvalue weighted by molar-refractivity contribution is 6.08. The Labute approximate surface area is 161 Å². The standard InChI is InChI=1S/C21H21FN2O4/c1-12-14-7-5-6-8-17(14)27-18(12)19(25)23-16-11-13(22)9-10-15(16)24-20(26)28-21(2,3)4/h5-11H,1-4H3,(H,23,25)(H,24,26). The van der Waals surface area contributed by atoms with Gasteiger partial charge in [0.15, 0.2) is 5.76 Å². The molecule has 0 aliphatic heterocycles. The molecule has 2 N–H and O–H groups in total. The number of benzene rings is 2. The fourth-order valence-corrected chi connectivity index (χ4v) is 2.71. The molecule has 2 aromatic carbocycles. The third-order valence-electron chi connectivity index (χ3n) is 3.92. The maximum absolute atomic E-state index is 13.7. The first-order valence-corrected chi connectivity index (χ1v) is 8.73. The predicted molar refractivity (Wildman–Crippen MR) is 105 cm³/mol. The Morgan fingerprint density at radius 2 is 1.75 bits per heavy atom. The van der Waals surface area contributed by atoms with Gasteiger partial charge in [-0.25, -0.2) is 9.18 Å². The van der Waals surface area contributed by atoms with Crippen molar-refractivity contribution in [3.8, 4) is 0 Å². The lowest BCUT2D eigenvalue weighted by Gasteiger charge is -2.20. The van der Waals surface area contributed by atoms with Crippen LogP contribution in [0, 0.1) is 12.7 Å². The molecular formula is C21H21FN2O4. The van der Waals surface area contributed by atoms with E-state index >= 15 is 0 Å². The van der Waals surface area contributed by atoms with Crippen LogP contribution in [0.25, 0.3) is 11.0 Å². The Bertz CT molecular complexity index is 1050. The molecule has 146 valence electrons. The monoisotopic (exact) mass is 384 g/mol. The zero-order chi connectivity index (χ0) is 20.5. The van der Waals surface area contributed by atoms with E-state index in [1.165, 1.54) is 12.1 Å². The Morgan fingerprint density at radius 3 is 2.43 bits per heavy atom. The van der Waals surface area contributed by atoms with Crippen molar-refractivity contribution in [2.45, 2.75) is 33.3 Å². The van der Waals surface area contributed by atoms with Crippen molar-refractivity contribution in [3.05, 3.63) is 59.6 Å². The minimum Gasteiger partial charge on any atom is -0.451 e.